The Hall–Kier alpha value is -1.69. The van der Waals surface area contributed by atoms with Gasteiger partial charge in [0.1, 0.15) is 5.92 Å². The van der Waals surface area contributed by atoms with Crippen LogP contribution < -0.4 is 5.32 Å². The second-order valence-electron chi connectivity index (χ2n) is 3.70. The minimum absolute atomic E-state index is 0.382. The number of nitrogens with one attached hydrogen (secondary N) is 1. The zero-order valence-electron chi connectivity index (χ0n) is 9.47. The third-order valence-corrected chi connectivity index (χ3v) is 3.60. The molecule has 1 aliphatic rings. The second-order valence-corrected chi connectivity index (χ2v) is 4.68. The number of ether oxygens (including phenoxy) is 1. The average molecular weight is 252 g/mol. The van der Waals surface area contributed by atoms with E-state index >= 15 is 0 Å². The Kier molecular flexibility index (Phi) is 3.23. The van der Waals surface area contributed by atoms with Gasteiger partial charge < -0.3 is 10.1 Å². The van der Waals surface area contributed by atoms with Gasteiger partial charge in [0.15, 0.2) is 0 Å². The van der Waals surface area contributed by atoms with Crippen LogP contribution in [0.1, 0.15) is 17.8 Å². The van der Waals surface area contributed by atoms with E-state index in [9.17, 15) is 9.59 Å². The molecule has 0 radical (unpaired) electrons. The lowest BCUT2D eigenvalue weighted by atomic mass is 9.92. The van der Waals surface area contributed by atoms with E-state index in [4.69, 9.17) is 4.74 Å². The number of aliphatic imine (C=N–C) groups is 1. The maximum Gasteiger partial charge on any atom is 0.341 e. The molecule has 0 fully saturated rings. The molecule has 2 unspecified atom stereocenters. The summed E-state index contributed by atoms with van der Waals surface area (Å²) in [6, 6.07) is 2.96. The van der Waals surface area contributed by atoms with Gasteiger partial charge in [-0.1, -0.05) is 6.07 Å². The number of methoxy groups -OCH3 is 1. The van der Waals surface area contributed by atoms with Crippen LogP contribution in [0.2, 0.25) is 0 Å². The summed E-state index contributed by atoms with van der Waals surface area (Å²) in [6.45, 7) is 1.67. The molecule has 0 saturated carbocycles. The van der Waals surface area contributed by atoms with Crippen molar-refractivity contribution in [1.82, 2.24) is 5.32 Å². The summed E-state index contributed by atoms with van der Waals surface area (Å²) in [6.07, 6.45) is 0. The molecule has 1 N–H and O–H groups in total. The number of nitrogens with zero attached hydrogens (tertiary/aromatic N) is 1. The first-order valence-corrected chi connectivity index (χ1v) is 5.98. The maximum absolute atomic E-state index is 11.7. The van der Waals surface area contributed by atoms with Gasteiger partial charge in [0.05, 0.1) is 13.2 Å². The van der Waals surface area contributed by atoms with E-state index in [2.05, 4.69) is 10.3 Å². The normalized spacial score (nSPS) is 23.9. The van der Waals surface area contributed by atoms with E-state index in [1.165, 1.54) is 18.4 Å². The fourth-order valence-corrected chi connectivity index (χ4v) is 2.67. The third-order valence-electron chi connectivity index (χ3n) is 2.65. The number of rotatable bonds is 2. The van der Waals surface area contributed by atoms with Gasteiger partial charge >= 0.3 is 12.0 Å². The number of thiophene rings is 1. The summed E-state index contributed by atoms with van der Waals surface area (Å²) in [5.74, 6) is -0.930. The first kappa shape index (κ1) is 11.8. The zero-order valence-corrected chi connectivity index (χ0v) is 10.3. The fraction of sp³-hybridized carbons (Fsp3) is 0.364. The Bertz CT molecular complexity index is 467. The van der Waals surface area contributed by atoms with Crippen LogP contribution in [0, 0.1) is 5.92 Å². The van der Waals surface area contributed by atoms with Gasteiger partial charge in [-0.2, -0.15) is 0 Å². The molecule has 5 nitrogen and oxygen atoms in total. The largest absolute Gasteiger partial charge is 0.468 e. The lowest BCUT2D eigenvalue weighted by Crippen LogP contribution is -2.43. The van der Waals surface area contributed by atoms with Crippen molar-refractivity contribution in [2.75, 3.05) is 7.11 Å². The number of carbonyl (C=O) groups excluding carboxylic acids is 2. The Morgan fingerprint density at radius 2 is 2.35 bits per heavy atom. The first-order valence-electron chi connectivity index (χ1n) is 5.10. The fourth-order valence-electron chi connectivity index (χ4n) is 1.86. The molecule has 0 spiro atoms. The highest BCUT2D eigenvalue weighted by Crippen LogP contribution is 2.30. The Balaban J connectivity index is 2.38. The molecule has 1 aromatic heterocycles. The SMILES string of the molecule is COC(=O)C1C(C)=NC(=O)NC1c1cccs1. The van der Waals surface area contributed by atoms with Gasteiger partial charge in [-0.05, 0) is 18.4 Å². The maximum atomic E-state index is 11.7. The Morgan fingerprint density at radius 3 is 2.94 bits per heavy atom. The molecule has 0 aliphatic carbocycles. The number of urea groups is 1. The van der Waals surface area contributed by atoms with Gasteiger partial charge in [-0.25, -0.2) is 9.79 Å². The van der Waals surface area contributed by atoms with Gasteiger partial charge in [0, 0.05) is 10.6 Å². The van der Waals surface area contributed by atoms with Crippen molar-refractivity contribution in [3.8, 4) is 0 Å². The van der Waals surface area contributed by atoms with Crippen LogP contribution in [0.25, 0.3) is 0 Å². The van der Waals surface area contributed by atoms with Crippen LogP contribution in [-0.2, 0) is 9.53 Å². The van der Waals surface area contributed by atoms with Gasteiger partial charge in [-0.15, -0.1) is 11.3 Å². The predicted molar refractivity (Wildman–Crippen MR) is 64.2 cm³/mol. The van der Waals surface area contributed by atoms with E-state index in [0.717, 1.165) is 4.88 Å². The highest BCUT2D eigenvalue weighted by atomic mass is 32.1. The molecule has 0 bridgehead atoms. The summed E-state index contributed by atoms with van der Waals surface area (Å²) >= 11 is 1.49. The first-order chi connectivity index (χ1) is 8.13. The number of carbonyl (C=O) groups is 2. The van der Waals surface area contributed by atoms with Gasteiger partial charge in [0.25, 0.3) is 0 Å². The minimum Gasteiger partial charge on any atom is -0.468 e. The minimum atomic E-state index is -0.545. The Morgan fingerprint density at radius 1 is 1.59 bits per heavy atom. The zero-order chi connectivity index (χ0) is 12.4. The lowest BCUT2D eigenvalue weighted by molar-refractivity contribution is -0.143. The lowest BCUT2D eigenvalue weighted by Gasteiger charge is -2.28. The summed E-state index contributed by atoms with van der Waals surface area (Å²) in [4.78, 5) is 27.8. The van der Waals surface area contributed by atoms with Gasteiger partial charge in [-0.3, -0.25) is 4.79 Å². The second kappa shape index (κ2) is 4.67. The molecule has 0 aromatic carbocycles. The Labute approximate surface area is 103 Å². The highest BCUT2D eigenvalue weighted by molar-refractivity contribution is 7.10. The molecular formula is C11H12N2O3S. The molecule has 1 aliphatic heterocycles. The van der Waals surface area contributed by atoms with E-state index in [1.54, 1.807) is 6.92 Å². The summed E-state index contributed by atoms with van der Waals surface area (Å²) in [7, 11) is 1.33. The van der Waals surface area contributed by atoms with Crippen molar-refractivity contribution in [2.45, 2.75) is 13.0 Å². The van der Waals surface area contributed by atoms with Crippen molar-refractivity contribution in [2.24, 2.45) is 10.9 Å². The monoisotopic (exact) mass is 252 g/mol. The molecule has 6 heteroatoms. The summed E-state index contributed by atoms with van der Waals surface area (Å²) < 4.78 is 4.76. The standard InChI is InChI=1S/C11H12N2O3S/c1-6-8(10(14)16-2)9(13-11(15)12-6)7-4-3-5-17-7/h3-5,8-9H,1-2H3,(H,13,15). The number of esters is 1. The third kappa shape index (κ3) is 2.21. The van der Waals surface area contributed by atoms with E-state index in [-0.39, 0.29) is 12.0 Å². The van der Waals surface area contributed by atoms with Crippen LogP contribution in [0.3, 0.4) is 0 Å². The molecule has 2 amide bonds. The van der Waals surface area contributed by atoms with Crippen LogP contribution >= 0.6 is 11.3 Å². The van der Waals surface area contributed by atoms with Gasteiger partial charge in [0.2, 0.25) is 0 Å². The molecule has 90 valence electrons. The molecule has 0 saturated heterocycles. The molecule has 1 aromatic rings. The number of amides is 2. The topological polar surface area (TPSA) is 67.8 Å². The van der Waals surface area contributed by atoms with Crippen molar-refractivity contribution >= 4 is 29.0 Å². The van der Waals surface area contributed by atoms with E-state index in [1.807, 2.05) is 17.5 Å². The quantitative estimate of drug-likeness (QED) is 0.815. The van der Waals surface area contributed by atoms with Crippen molar-refractivity contribution in [3.05, 3.63) is 22.4 Å². The molecule has 2 heterocycles. The number of hydrogen-bond acceptors (Lipinski definition) is 4. The van der Waals surface area contributed by atoms with Crippen LogP contribution in [-0.4, -0.2) is 24.8 Å². The van der Waals surface area contributed by atoms with E-state index < -0.39 is 11.9 Å². The van der Waals surface area contributed by atoms with Crippen LogP contribution in [0.4, 0.5) is 4.79 Å². The molecule has 2 atom stereocenters. The summed E-state index contributed by atoms with van der Waals surface area (Å²) in [5, 5.41) is 4.60. The average Bonchev–Trinajstić information content (AvgIpc) is 2.80. The van der Waals surface area contributed by atoms with Crippen LogP contribution in [0.15, 0.2) is 22.5 Å². The predicted octanol–water partition coefficient (Wildman–Crippen LogP) is 1.76. The van der Waals surface area contributed by atoms with Crippen molar-refractivity contribution in [1.29, 1.82) is 0 Å². The van der Waals surface area contributed by atoms with Crippen molar-refractivity contribution < 1.29 is 14.3 Å². The smallest absolute Gasteiger partial charge is 0.341 e. The summed E-state index contributed by atoms with van der Waals surface area (Å²) in [5.41, 5.74) is 0.485. The van der Waals surface area contributed by atoms with Crippen molar-refractivity contribution in [3.63, 3.8) is 0 Å². The molecular weight excluding hydrogens is 240 g/mol. The van der Waals surface area contributed by atoms with E-state index in [0.29, 0.717) is 5.71 Å². The highest BCUT2D eigenvalue weighted by Gasteiger charge is 2.37. The molecule has 17 heavy (non-hydrogen) atoms. The molecule has 2 rings (SSSR count). The van der Waals surface area contributed by atoms with Crippen LogP contribution in [0.5, 0.6) is 0 Å². The number of hydrogen-bond donors (Lipinski definition) is 1.